The van der Waals surface area contributed by atoms with Crippen molar-refractivity contribution in [3.8, 4) is 5.75 Å². The molecule has 5 nitrogen and oxygen atoms in total. The molecule has 2 rings (SSSR count). The van der Waals surface area contributed by atoms with Crippen molar-refractivity contribution in [2.75, 3.05) is 26.8 Å². The first kappa shape index (κ1) is 18.7. The van der Waals surface area contributed by atoms with Gasteiger partial charge in [-0.05, 0) is 37.6 Å². The van der Waals surface area contributed by atoms with Crippen LogP contribution in [0.5, 0.6) is 5.75 Å². The molecule has 5 heteroatoms. The quantitative estimate of drug-likeness (QED) is 0.740. The van der Waals surface area contributed by atoms with Crippen LogP contribution in [0.25, 0.3) is 0 Å². The maximum absolute atomic E-state index is 11.5. The molecule has 0 aromatic heterocycles. The van der Waals surface area contributed by atoms with Gasteiger partial charge >= 0.3 is 5.97 Å². The summed E-state index contributed by atoms with van der Waals surface area (Å²) in [6.45, 7) is 3.92. The number of hydrogen-bond acceptors (Lipinski definition) is 5. The summed E-state index contributed by atoms with van der Waals surface area (Å²) >= 11 is 0. The first-order valence-electron chi connectivity index (χ1n) is 8.87. The van der Waals surface area contributed by atoms with E-state index >= 15 is 0 Å². The lowest BCUT2D eigenvalue weighted by Crippen LogP contribution is -2.43. The van der Waals surface area contributed by atoms with E-state index < -0.39 is 12.1 Å². The second kappa shape index (κ2) is 9.64. The Bertz CT molecular complexity index is 514. The number of benzene rings is 1. The molecule has 0 saturated heterocycles. The van der Waals surface area contributed by atoms with Gasteiger partial charge in [0.15, 0.2) is 0 Å². The van der Waals surface area contributed by atoms with E-state index in [9.17, 15) is 9.90 Å². The summed E-state index contributed by atoms with van der Waals surface area (Å²) < 4.78 is 10.4. The highest BCUT2D eigenvalue weighted by molar-refractivity contribution is 5.89. The minimum Gasteiger partial charge on any atom is -0.491 e. The third-order valence-corrected chi connectivity index (χ3v) is 4.64. The van der Waals surface area contributed by atoms with Crippen LogP contribution < -0.4 is 4.74 Å². The van der Waals surface area contributed by atoms with Crippen molar-refractivity contribution in [1.29, 1.82) is 0 Å². The summed E-state index contributed by atoms with van der Waals surface area (Å²) in [6, 6.07) is 7.42. The Morgan fingerprint density at radius 2 is 2.08 bits per heavy atom. The molecule has 0 aliphatic heterocycles. The van der Waals surface area contributed by atoms with E-state index in [0.29, 0.717) is 23.9 Å². The fourth-order valence-corrected chi connectivity index (χ4v) is 3.33. The number of likely N-dealkylation sites (N-methyl/N-ethyl adjacent to an activating group) is 1. The molecular weight excluding hydrogens is 306 g/mol. The molecule has 0 radical (unpaired) electrons. The molecule has 0 amide bonds. The van der Waals surface area contributed by atoms with Gasteiger partial charge < -0.3 is 14.6 Å². The maximum Gasteiger partial charge on any atom is 0.337 e. The van der Waals surface area contributed by atoms with Crippen LogP contribution in [0.4, 0.5) is 0 Å². The number of carbonyl (C=O) groups is 1. The fourth-order valence-electron chi connectivity index (χ4n) is 3.33. The topological polar surface area (TPSA) is 59.0 Å². The summed E-state index contributed by atoms with van der Waals surface area (Å²) in [5.74, 6) is 0.174. The molecule has 134 valence electrons. The number of carbonyl (C=O) groups excluding carboxylic acids is 1. The SMILES string of the molecule is CCN(C[C@@H](O)COc1cccc(C(=O)OC)c1)C1CCCCC1. The maximum atomic E-state index is 11.5. The molecule has 0 heterocycles. The number of ether oxygens (including phenoxy) is 2. The average molecular weight is 335 g/mol. The summed E-state index contributed by atoms with van der Waals surface area (Å²) in [6.07, 6.45) is 5.80. The second-order valence-corrected chi connectivity index (χ2v) is 6.36. The van der Waals surface area contributed by atoms with Crippen molar-refractivity contribution in [3.63, 3.8) is 0 Å². The van der Waals surface area contributed by atoms with Gasteiger partial charge in [0.2, 0.25) is 0 Å². The molecule has 1 aliphatic rings. The number of nitrogens with zero attached hydrogens (tertiary/aromatic N) is 1. The standard InChI is InChI=1S/C19H29NO4/c1-3-20(16-9-5-4-6-10-16)13-17(21)14-24-18-11-7-8-15(12-18)19(22)23-2/h7-8,11-12,16-17,21H,3-6,9-10,13-14H2,1-2H3/t17-/m1/s1. The van der Waals surface area contributed by atoms with E-state index in [-0.39, 0.29) is 6.61 Å². The molecule has 1 fully saturated rings. The smallest absolute Gasteiger partial charge is 0.337 e. The first-order valence-corrected chi connectivity index (χ1v) is 8.87. The predicted molar refractivity (Wildman–Crippen MR) is 93.4 cm³/mol. The van der Waals surface area contributed by atoms with Gasteiger partial charge in [0.1, 0.15) is 18.5 Å². The van der Waals surface area contributed by atoms with Crippen LogP contribution in [0.2, 0.25) is 0 Å². The molecule has 0 spiro atoms. The normalized spacial score (nSPS) is 16.8. The van der Waals surface area contributed by atoms with Gasteiger partial charge in [0.25, 0.3) is 0 Å². The lowest BCUT2D eigenvalue weighted by atomic mass is 9.94. The number of methoxy groups -OCH3 is 1. The summed E-state index contributed by atoms with van der Waals surface area (Å²) in [4.78, 5) is 13.9. The van der Waals surface area contributed by atoms with Crippen molar-refractivity contribution in [1.82, 2.24) is 4.90 Å². The molecule has 1 atom stereocenters. The van der Waals surface area contributed by atoms with E-state index in [2.05, 4.69) is 11.8 Å². The fraction of sp³-hybridized carbons (Fsp3) is 0.632. The lowest BCUT2D eigenvalue weighted by Gasteiger charge is -2.34. The highest BCUT2D eigenvalue weighted by atomic mass is 16.5. The Kier molecular flexibility index (Phi) is 7.53. The third-order valence-electron chi connectivity index (χ3n) is 4.64. The molecule has 0 unspecified atom stereocenters. The molecule has 1 N–H and O–H groups in total. The van der Waals surface area contributed by atoms with Gasteiger partial charge in [0.05, 0.1) is 12.7 Å². The molecule has 0 bridgehead atoms. The number of aliphatic hydroxyl groups is 1. The van der Waals surface area contributed by atoms with Crippen molar-refractivity contribution in [2.45, 2.75) is 51.2 Å². The Morgan fingerprint density at radius 1 is 1.33 bits per heavy atom. The van der Waals surface area contributed by atoms with E-state index in [1.54, 1.807) is 24.3 Å². The summed E-state index contributed by atoms with van der Waals surface area (Å²) in [5, 5.41) is 10.3. The van der Waals surface area contributed by atoms with Crippen LogP contribution in [0.15, 0.2) is 24.3 Å². The Labute approximate surface area is 144 Å². The summed E-state index contributed by atoms with van der Waals surface area (Å²) in [7, 11) is 1.35. The predicted octanol–water partition coefficient (Wildman–Crippen LogP) is 2.87. The van der Waals surface area contributed by atoms with Gasteiger partial charge in [-0.2, -0.15) is 0 Å². The number of hydrogen-bond donors (Lipinski definition) is 1. The molecule has 24 heavy (non-hydrogen) atoms. The van der Waals surface area contributed by atoms with Crippen molar-refractivity contribution in [2.24, 2.45) is 0 Å². The minimum atomic E-state index is -0.548. The first-order chi connectivity index (χ1) is 11.6. The van der Waals surface area contributed by atoms with Crippen molar-refractivity contribution >= 4 is 5.97 Å². The second-order valence-electron chi connectivity index (χ2n) is 6.36. The van der Waals surface area contributed by atoms with E-state index in [0.717, 1.165) is 6.54 Å². The van der Waals surface area contributed by atoms with Gasteiger partial charge in [-0.25, -0.2) is 4.79 Å². The van der Waals surface area contributed by atoms with E-state index in [4.69, 9.17) is 9.47 Å². The number of esters is 1. The van der Waals surface area contributed by atoms with Crippen LogP contribution in [-0.2, 0) is 4.74 Å². The van der Waals surface area contributed by atoms with Gasteiger partial charge in [-0.3, -0.25) is 4.90 Å². The molecule has 1 saturated carbocycles. The van der Waals surface area contributed by atoms with Crippen LogP contribution in [0.3, 0.4) is 0 Å². The summed E-state index contributed by atoms with van der Waals surface area (Å²) in [5.41, 5.74) is 0.446. The Morgan fingerprint density at radius 3 is 2.75 bits per heavy atom. The van der Waals surface area contributed by atoms with E-state index in [1.807, 2.05) is 0 Å². The molecule has 1 aromatic carbocycles. The zero-order valence-corrected chi connectivity index (χ0v) is 14.7. The largest absolute Gasteiger partial charge is 0.491 e. The number of aliphatic hydroxyl groups excluding tert-OH is 1. The monoisotopic (exact) mass is 335 g/mol. The van der Waals surface area contributed by atoms with Crippen LogP contribution in [-0.4, -0.2) is 54.9 Å². The van der Waals surface area contributed by atoms with E-state index in [1.165, 1.54) is 39.2 Å². The zero-order valence-electron chi connectivity index (χ0n) is 14.7. The van der Waals surface area contributed by atoms with Crippen LogP contribution in [0, 0.1) is 0 Å². The van der Waals surface area contributed by atoms with Crippen LogP contribution in [0.1, 0.15) is 49.4 Å². The van der Waals surface area contributed by atoms with Crippen LogP contribution >= 0.6 is 0 Å². The van der Waals surface area contributed by atoms with Gasteiger partial charge in [-0.1, -0.05) is 32.3 Å². The molecular formula is C19H29NO4. The molecule has 1 aliphatic carbocycles. The highest BCUT2D eigenvalue weighted by Crippen LogP contribution is 2.22. The number of rotatable bonds is 8. The Hall–Kier alpha value is -1.59. The van der Waals surface area contributed by atoms with Crippen molar-refractivity contribution in [3.05, 3.63) is 29.8 Å². The van der Waals surface area contributed by atoms with Gasteiger partial charge in [0, 0.05) is 12.6 Å². The molecule has 1 aromatic rings. The Balaban J connectivity index is 1.83. The zero-order chi connectivity index (χ0) is 17.4. The lowest BCUT2D eigenvalue weighted by molar-refractivity contribution is 0.0462. The minimum absolute atomic E-state index is 0.216. The third kappa shape index (κ3) is 5.49. The van der Waals surface area contributed by atoms with Gasteiger partial charge in [-0.15, -0.1) is 0 Å². The van der Waals surface area contributed by atoms with Crippen molar-refractivity contribution < 1.29 is 19.4 Å². The average Bonchev–Trinajstić information content (AvgIpc) is 2.64. The highest BCUT2D eigenvalue weighted by Gasteiger charge is 2.22.